The van der Waals surface area contributed by atoms with Gasteiger partial charge in [0.15, 0.2) is 16.4 Å². The standard InChI is InChI=1S/C20H17FN4O7S/c1-12-9-18(24(23-12)15-6-4-14(21)5-7-15)22-19(26)11-32-20(27)13-3-8-17(33(2,30)31)16(10-13)25(28)29/h3-10H,11H2,1-2H3,(H,22,26). The number of ether oxygens (including phenoxy) is 1. The molecule has 1 heterocycles. The number of aromatic nitrogens is 2. The normalized spacial score (nSPS) is 11.1. The first-order chi connectivity index (χ1) is 15.5. The molecular formula is C20H17FN4O7S. The van der Waals surface area contributed by atoms with Crippen molar-refractivity contribution in [2.45, 2.75) is 11.8 Å². The Hall–Kier alpha value is -4.13. The number of nitro groups is 1. The lowest BCUT2D eigenvalue weighted by Crippen LogP contribution is -2.22. The second kappa shape index (κ2) is 9.16. The Balaban J connectivity index is 1.71. The van der Waals surface area contributed by atoms with Crippen LogP contribution in [0.15, 0.2) is 53.4 Å². The lowest BCUT2D eigenvalue weighted by atomic mass is 10.2. The average Bonchev–Trinajstić information content (AvgIpc) is 3.11. The largest absolute Gasteiger partial charge is 0.452 e. The Labute approximate surface area is 186 Å². The number of nitrogens with one attached hydrogen (secondary N) is 1. The number of halogens is 1. The summed E-state index contributed by atoms with van der Waals surface area (Å²) in [5, 5.41) is 17.9. The third-order valence-corrected chi connectivity index (χ3v) is 5.44. The van der Waals surface area contributed by atoms with E-state index in [4.69, 9.17) is 4.74 Å². The maximum absolute atomic E-state index is 13.2. The molecule has 0 aliphatic carbocycles. The van der Waals surface area contributed by atoms with Crippen LogP contribution in [-0.4, -0.2) is 47.9 Å². The minimum absolute atomic E-state index is 0.244. The number of sulfone groups is 1. The van der Waals surface area contributed by atoms with Crippen LogP contribution in [0.3, 0.4) is 0 Å². The molecule has 11 nitrogen and oxygen atoms in total. The molecule has 0 fully saturated rings. The van der Waals surface area contributed by atoms with Crippen molar-refractivity contribution >= 4 is 33.2 Å². The van der Waals surface area contributed by atoms with Gasteiger partial charge in [0.25, 0.3) is 11.6 Å². The van der Waals surface area contributed by atoms with E-state index in [0.29, 0.717) is 11.4 Å². The Morgan fingerprint density at radius 3 is 2.45 bits per heavy atom. The van der Waals surface area contributed by atoms with Crippen LogP contribution in [-0.2, 0) is 19.4 Å². The lowest BCUT2D eigenvalue weighted by Gasteiger charge is -2.10. The number of carbonyl (C=O) groups is 2. The number of aryl methyl sites for hydroxylation is 1. The zero-order chi connectivity index (χ0) is 24.3. The summed E-state index contributed by atoms with van der Waals surface area (Å²) in [6.07, 6.45) is 0.802. The van der Waals surface area contributed by atoms with Crippen LogP contribution >= 0.6 is 0 Å². The number of rotatable bonds is 7. The Kier molecular flexibility index (Phi) is 6.53. The summed E-state index contributed by atoms with van der Waals surface area (Å²) < 4.78 is 42.8. The number of amides is 1. The van der Waals surface area contributed by atoms with Crippen LogP contribution in [0.4, 0.5) is 15.9 Å². The second-order valence-electron chi connectivity index (χ2n) is 6.90. The topological polar surface area (TPSA) is 150 Å². The zero-order valence-electron chi connectivity index (χ0n) is 17.3. The van der Waals surface area contributed by atoms with Crippen LogP contribution in [0.5, 0.6) is 0 Å². The van der Waals surface area contributed by atoms with Crippen molar-refractivity contribution in [3.63, 3.8) is 0 Å². The molecule has 0 spiro atoms. The lowest BCUT2D eigenvalue weighted by molar-refractivity contribution is -0.387. The van der Waals surface area contributed by atoms with E-state index >= 15 is 0 Å². The summed E-state index contributed by atoms with van der Waals surface area (Å²) in [6, 6.07) is 9.68. The van der Waals surface area contributed by atoms with Crippen LogP contribution in [0.1, 0.15) is 16.1 Å². The van der Waals surface area contributed by atoms with E-state index in [1.54, 1.807) is 13.0 Å². The summed E-state index contributed by atoms with van der Waals surface area (Å²) >= 11 is 0. The van der Waals surface area contributed by atoms with Gasteiger partial charge in [-0.25, -0.2) is 22.3 Å². The Morgan fingerprint density at radius 1 is 1.18 bits per heavy atom. The van der Waals surface area contributed by atoms with Gasteiger partial charge in [0.2, 0.25) is 0 Å². The minimum Gasteiger partial charge on any atom is -0.452 e. The number of hydrogen-bond donors (Lipinski definition) is 1. The molecule has 0 radical (unpaired) electrons. The number of hydrogen-bond acceptors (Lipinski definition) is 8. The quantitative estimate of drug-likeness (QED) is 0.310. The summed E-state index contributed by atoms with van der Waals surface area (Å²) in [7, 11) is -3.90. The Morgan fingerprint density at radius 2 is 1.85 bits per heavy atom. The molecule has 2 aromatic carbocycles. The third kappa shape index (κ3) is 5.57. The number of benzene rings is 2. The smallest absolute Gasteiger partial charge is 0.338 e. The van der Waals surface area contributed by atoms with Gasteiger partial charge in [-0.15, -0.1) is 0 Å². The molecule has 0 saturated carbocycles. The van der Waals surface area contributed by atoms with Crippen molar-refractivity contribution in [1.82, 2.24) is 9.78 Å². The van der Waals surface area contributed by atoms with Gasteiger partial charge >= 0.3 is 5.97 Å². The highest BCUT2D eigenvalue weighted by atomic mass is 32.2. The number of anilines is 1. The number of esters is 1. The fourth-order valence-corrected chi connectivity index (χ4v) is 3.69. The van der Waals surface area contributed by atoms with Gasteiger partial charge in [-0.3, -0.25) is 14.9 Å². The highest BCUT2D eigenvalue weighted by Gasteiger charge is 2.24. The van der Waals surface area contributed by atoms with Gasteiger partial charge in [0.1, 0.15) is 16.5 Å². The molecule has 0 aliphatic rings. The van der Waals surface area contributed by atoms with E-state index in [1.807, 2.05) is 0 Å². The number of nitro benzene ring substituents is 1. The third-order valence-electron chi connectivity index (χ3n) is 4.30. The molecule has 172 valence electrons. The van der Waals surface area contributed by atoms with E-state index in [-0.39, 0.29) is 11.4 Å². The molecule has 3 rings (SSSR count). The molecule has 0 unspecified atom stereocenters. The Bertz CT molecular complexity index is 1350. The van der Waals surface area contributed by atoms with Gasteiger partial charge in [-0.1, -0.05) is 0 Å². The molecule has 3 aromatic rings. The van der Waals surface area contributed by atoms with E-state index in [2.05, 4.69) is 10.4 Å². The molecule has 1 aromatic heterocycles. The first kappa shape index (κ1) is 23.5. The van der Waals surface area contributed by atoms with E-state index < -0.39 is 49.6 Å². The van der Waals surface area contributed by atoms with E-state index in [9.17, 15) is 32.5 Å². The van der Waals surface area contributed by atoms with Crippen LogP contribution in [0, 0.1) is 22.9 Å². The molecule has 0 atom stereocenters. The monoisotopic (exact) mass is 476 g/mol. The first-order valence-electron chi connectivity index (χ1n) is 9.24. The summed E-state index contributed by atoms with van der Waals surface area (Å²) in [5.41, 5.74) is -0.0378. The predicted octanol–water partition coefficient (Wildman–Crippen LogP) is 2.43. The van der Waals surface area contributed by atoms with Gasteiger partial charge in [-0.2, -0.15) is 5.10 Å². The van der Waals surface area contributed by atoms with Gasteiger partial charge in [0, 0.05) is 18.4 Å². The molecule has 13 heteroatoms. The summed E-state index contributed by atoms with van der Waals surface area (Å²) in [6.45, 7) is 0.955. The molecule has 0 aliphatic heterocycles. The van der Waals surface area contributed by atoms with Crippen molar-refractivity contribution in [3.8, 4) is 5.69 Å². The van der Waals surface area contributed by atoms with Crippen LogP contribution in [0.2, 0.25) is 0 Å². The number of nitrogens with zero attached hydrogens (tertiary/aromatic N) is 3. The second-order valence-corrected chi connectivity index (χ2v) is 8.88. The van der Waals surface area contributed by atoms with Crippen molar-refractivity contribution < 1.29 is 32.1 Å². The molecule has 33 heavy (non-hydrogen) atoms. The zero-order valence-corrected chi connectivity index (χ0v) is 18.1. The van der Waals surface area contributed by atoms with Gasteiger partial charge in [-0.05, 0) is 43.3 Å². The molecule has 1 N–H and O–H groups in total. The van der Waals surface area contributed by atoms with Crippen molar-refractivity contribution in [3.05, 3.63) is 75.7 Å². The molecule has 1 amide bonds. The van der Waals surface area contributed by atoms with E-state index in [0.717, 1.165) is 24.5 Å². The fraction of sp³-hybridized carbons (Fsp3) is 0.150. The highest BCUT2D eigenvalue weighted by molar-refractivity contribution is 7.90. The van der Waals surface area contributed by atoms with Crippen molar-refractivity contribution in [2.75, 3.05) is 18.2 Å². The van der Waals surface area contributed by atoms with Crippen molar-refractivity contribution in [2.24, 2.45) is 0 Å². The SMILES string of the molecule is Cc1cc(NC(=O)COC(=O)c2ccc(S(C)(=O)=O)c([N+](=O)[O-])c2)n(-c2ccc(F)cc2)n1. The number of carbonyl (C=O) groups excluding carboxylic acids is 2. The van der Waals surface area contributed by atoms with Gasteiger partial charge in [0.05, 0.1) is 21.9 Å². The van der Waals surface area contributed by atoms with Crippen LogP contribution < -0.4 is 5.32 Å². The molecule has 0 saturated heterocycles. The predicted molar refractivity (Wildman–Crippen MR) is 113 cm³/mol. The summed E-state index contributed by atoms with van der Waals surface area (Å²) in [4.78, 5) is 34.2. The maximum Gasteiger partial charge on any atom is 0.338 e. The molecule has 0 bridgehead atoms. The average molecular weight is 476 g/mol. The summed E-state index contributed by atoms with van der Waals surface area (Å²) in [5.74, 6) is -1.98. The maximum atomic E-state index is 13.2. The van der Waals surface area contributed by atoms with Crippen molar-refractivity contribution in [1.29, 1.82) is 0 Å². The first-order valence-corrected chi connectivity index (χ1v) is 11.1. The fourth-order valence-electron chi connectivity index (χ4n) is 2.86. The molecular weight excluding hydrogens is 459 g/mol. The van der Waals surface area contributed by atoms with Gasteiger partial charge < -0.3 is 10.1 Å². The highest BCUT2D eigenvalue weighted by Crippen LogP contribution is 2.25. The van der Waals surface area contributed by atoms with E-state index in [1.165, 1.54) is 28.9 Å². The minimum atomic E-state index is -3.90. The van der Waals surface area contributed by atoms with Crippen LogP contribution in [0.25, 0.3) is 5.69 Å².